The molecule has 1 aromatic carbocycles. The van der Waals surface area contributed by atoms with Crippen molar-refractivity contribution in [2.75, 3.05) is 0 Å². The number of benzene rings is 1. The predicted molar refractivity (Wildman–Crippen MR) is 80.9 cm³/mol. The van der Waals surface area contributed by atoms with Crippen LogP contribution >= 0.6 is 22.6 Å². The molecule has 0 radical (unpaired) electrons. The van der Waals surface area contributed by atoms with E-state index in [1.165, 1.54) is 12.3 Å². The van der Waals surface area contributed by atoms with Gasteiger partial charge in [-0.15, -0.1) is 0 Å². The van der Waals surface area contributed by atoms with Crippen molar-refractivity contribution >= 4 is 40.5 Å². The molecule has 0 aliphatic carbocycles. The van der Waals surface area contributed by atoms with E-state index in [-0.39, 0.29) is 5.70 Å². The molecule has 0 aliphatic rings. The summed E-state index contributed by atoms with van der Waals surface area (Å²) in [6, 6.07) is 10.1. The van der Waals surface area contributed by atoms with Crippen LogP contribution in [0.4, 0.5) is 0 Å². The SMILES string of the molecule is O=C(O)/C(=C\c1ccco1)NC(=O)c1ccccc1I. The number of aliphatic carboxylic acids is 1. The summed E-state index contributed by atoms with van der Waals surface area (Å²) < 4.78 is 5.77. The van der Waals surface area contributed by atoms with E-state index < -0.39 is 11.9 Å². The molecule has 0 bridgehead atoms. The van der Waals surface area contributed by atoms with Gasteiger partial charge in [0.05, 0.1) is 11.8 Å². The van der Waals surface area contributed by atoms with Gasteiger partial charge in [-0.3, -0.25) is 4.79 Å². The van der Waals surface area contributed by atoms with Crippen molar-refractivity contribution < 1.29 is 19.1 Å². The highest BCUT2D eigenvalue weighted by atomic mass is 127. The second-order valence-electron chi connectivity index (χ2n) is 3.81. The minimum atomic E-state index is -1.24. The van der Waals surface area contributed by atoms with Gasteiger partial charge in [-0.2, -0.15) is 0 Å². The Bertz CT molecular complexity index is 662. The molecule has 0 atom stereocenters. The average molecular weight is 383 g/mol. The molecule has 6 heteroatoms. The number of halogens is 1. The summed E-state index contributed by atoms with van der Waals surface area (Å²) in [5, 5.41) is 11.5. The molecule has 20 heavy (non-hydrogen) atoms. The molecule has 0 saturated heterocycles. The molecule has 5 nitrogen and oxygen atoms in total. The molecule has 2 rings (SSSR count). The molecular weight excluding hydrogens is 373 g/mol. The largest absolute Gasteiger partial charge is 0.477 e. The van der Waals surface area contributed by atoms with E-state index in [0.717, 1.165) is 3.57 Å². The summed E-state index contributed by atoms with van der Waals surface area (Å²) in [6.45, 7) is 0. The van der Waals surface area contributed by atoms with Crippen molar-refractivity contribution in [2.45, 2.75) is 0 Å². The maximum Gasteiger partial charge on any atom is 0.352 e. The smallest absolute Gasteiger partial charge is 0.352 e. The first-order chi connectivity index (χ1) is 9.58. The van der Waals surface area contributed by atoms with Gasteiger partial charge >= 0.3 is 5.97 Å². The molecule has 102 valence electrons. The van der Waals surface area contributed by atoms with E-state index in [9.17, 15) is 9.59 Å². The van der Waals surface area contributed by atoms with Crippen LogP contribution in [0.5, 0.6) is 0 Å². The van der Waals surface area contributed by atoms with Crippen LogP contribution in [0, 0.1) is 3.57 Å². The number of rotatable bonds is 4. The lowest BCUT2D eigenvalue weighted by molar-refractivity contribution is -0.132. The number of amides is 1. The molecule has 0 saturated carbocycles. The Balaban J connectivity index is 2.24. The minimum Gasteiger partial charge on any atom is -0.477 e. The van der Waals surface area contributed by atoms with Crippen LogP contribution in [0.3, 0.4) is 0 Å². The number of carbonyl (C=O) groups is 2. The lowest BCUT2D eigenvalue weighted by Gasteiger charge is -2.07. The summed E-state index contributed by atoms with van der Waals surface area (Å²) >= 11 is 2.02. The molecular formula is C14H10INO4. The Hall–Kier alpha value is -2.09. The van der Waals surface area contributed by atoms with E-state index >= 15 is 0 Å². The number of furan rings is 1. The van der Waals surface area contributed by atoms with Gasteiger partial charge < -0.3 is 14.8 Å². The third-order valence-electron chi connectivity index (χ3n) is 2.43. The normalized spacial score (nSPS) is 11.2. The second-order valence-corrected chi connectivity index (χ2v) is 4.97. The van der Waals surface area contributed by atoms with E-state index in [1.807, 2.05) is 22.6 Å². The third kappa shape index (κ3) is 3.47. The van der Waals surface area contributed by atoms with Gasteiger partial charge in [0.2, 0.25) is 0 Å². The van der Waals surface area contributed by atoms with Gasteiger partial charge in [-0.1, -0.05) is 12.1 Å². The average Bonchev–Trinajstić information content (AvgIpc) is 2.91. The number of carbonyl (C=O) groups excluding carboxylic acids is 1. The fourth-order valence-electron chi connectivity index (χ4n) is 1.50. The van der Waals surface area contributed by atoms with Crippen molar-refractivity contribution in [3.63, 3.8) is 0 Å². The van der Waals surface area contributed by atoms with Crippen molar-refractivity contribution in [3.05, 3.63) is 63.3 Å². The van der Waals surface area contributed by atoms with Crippen LogP contribution in [0.2, 0.25) is 0 Å². The number of hydrogen-bond donors (Lipinski definition) is 2. The Morgan fingerprint density at radius 3 is 2.55 bits per heavy atom. The standard InChI is InChI=1S/C14H10INO4/c15-11-6-2-1-5-10(11)13(17)16-12(14(18)19)8-9-4-3-7-20-9/h1-8H,(H,16,17)(H,18,19)/b12-8+. The van der Waals surface area contributed by atoms with Gasteiger partial charge in [0, 0.05) is 9.65 Å². The minimum absolute atomic E-state index is 0.246. The molecule has 2 aromatic rings. The zero-order chi connectivity index (χ0) is 14.5. The van der Waals surface area contributed by atoms with E-state index in [0.29, 0.717) is 11.3 Å². The zero-order valence-corrected chi connectivity index (χ0v) is 12.3. The van der Waals surface area contributed by atoms with Crippen LogP contribution in [-0.4, -0.2) is 17.0 Å². The van der Waals surface area contributed by atoms with Crippen LogP contribution in [-0.2, 0) is 4.79 Å². The molecule has 1 amide bonds. The lowest BCUT2D eigenvalue weighted by atomic mass is 10.2. The molecule has 1 aromatic heterocycles. The van der Waals surface area contributed by atoms with Crippen molar-refractivity contribution in [3.8, 4) is 0 Å². The van der Waals surface area contributed by atoms with Gasteiger partial charge in [-0.25, -0.2) is 4.79 Å². The molecule has 0 aliphatic heterocycles. The first-order valence-corrected chi connectivity index (χ1v) is 6.70. The molecule has 0 fully saturated rings. The van der Waals surface area contributed by atoms with E-state index in [1.54, 1.807) is 36.4 Å². The monoisotopic (exact) mass is 383 g/mol. The van der Waals surface area contributed by atoms with E-state index in [4.69, 9.17) is 9.52 Å². The molecule has 0 spiro atoms. The van der Waals surface area contributed by atoms with Gasteiger partial charge in [0.15, 0.2) is 0 Å². The number of carboxylic acids is 1. The fourth-order valence-corrected chi connectivity index (χ4v) is 2.13. The van der Waals surface area contributed by atoms with Crippen LogP contribution in [0.25, 0.3) is 6.08 Å². The zero-order valence-electron chi connectivity index (χ0n) is 10.2. The summed E-state index contributed by atoms with van der Waals surface area (Å²) in [5.41, 5.74) is 0.171. The maximum atomic E-state index is 12.1. The maximum absolute atomic E-state index is 12.1. The van der Waals surface area contributed by atoms with Crippen LogP contribution < -0.4 is 5.32 Å². The van der Waals surface area contributed by atoms with Crippen molar-refractivity contribution in [1.82, 2.24) is 5.32 Å². The number of hydrogen-bond acceptors (Lipinski definition) is 3. The number of nitrogens with one attached hydrogen (secondary N) is 1. The van der Waals surface area contributed by atoms with Crippen LogP contribution in [0.1, 0.15) is 16.1 Å². The summed E-state index contributed by atoms with van der Waals surface area (Å²) in [6.07, 6.45) is 2.68. The molecule has 1 heterocycles. The Kier molecular flexibility index (Phi) is 4.57. The fraction of sp³-hybridized carbons (Fsp3) is 0. The summed E-state index contributed by atoms with van der Waals surface area (Å²) in [7, 11) is 0. The highest BCUT2D eigenvalue weighted by molar-refractivity contribution is 14.1. The Morgan fingerprint density at radius 1 is 1.20 bits per heavy atom. The highest BCUT2D eigenvalue weighted by Gasteiger charge is 2.15. The van der Waals surface area contributed by atoms with Gasteiger partial charge in [-0.05, 0) is 46.9 Å². The Labute approximate surface area is 128 Å². The summed E-state index contributed by atoms with van der Waals surface area (Å²) in [4.78, 5) is 23.2. The lowest BCUT2D eigenvalue weighted by Crippen LogP contribution is -2.27. The summed E-state index contributed by atoms with van der Waals surface area (Å²) in [5.74, 6) is -1.36. The number of carboxylic acid groups (broad SMARTS) is 1. The molecule has 0 unspecified atom stereocenters. The molecule has 2 N–H and O–H groups in total. The van der Waals surface area contributed by atoms with Crippen molar-refractivity contribution in [2.24, 2.45) is 0 Å². The van der Waals surface area contributed by atoms with Crippen LogP contribution in [0.15, 0.2) is 52.8 Å². The third-order valence-corrected chi connectivity index (χ3v) is 3.37. The van der Waals surface area contributed by atoms with Gasteiger partial charge in [0.1, 0.15) is 11.5 Å². The quantitative estimate of drug-likeness (QED) is 0.629. The highest BCUT2D eigenvalue weighted by Crippen LogP contribution is 2.12. The predicted octanol–water partition coefficient (Wildman–Crippen LogP) is 2.74. The second kappa shape index (κ2) is 6.38. The van der Waals surface area contributed by atoms with Gasteiger partial charge in [0.25, 0.3) is 5.91 Å². The first-order valence-electron chi connectivity index (χ1n) is 5.62. The van der Waals surface area contributed by atoms with Crippen molar-refractivity contribution in [1.29, 1.82) is 0 Å². The first kappa shape index (κ1) is 14.3. The van der Waals surface area contributed by atoms with E-state index in [2.05, 4.69) is 5.32 Å². The topological polar surface area (TPSA) is 79.5 Å². The Morgan fingerprint density at radius 2 is 1.95 bits per heavy atom.